The fraction of sp³-hybridized carbons (Fsp3) is 0.478. The molecule has 4 heteroatoms. The summed E-state index contributed by atoms with van der Waals surface area (Å²) in [5.74, 6) is -0.143. The van der Waals surface area contributed by atoms with Crippen LogP contribution in [0.2, 0.25) is 0 Å². The van der Waals surface area contributed by atoms with E-state index < -0.39 is 0 Å². The van der Waals surface area contributed by atoms with Gasteiger partial charge in [0.15, 0.2) is 0 Å². The zero-order valence-corrected chi connectivity index (χ0v) is 17.7. The summed E-state index contributed by atoms with van der Waals surface area (Å²) < 4.78 is 26.2. The fourth-order valence-corrected chi connectivity index (χ4v) is 4.67. The quantitative estimate of drug-likeness (QED) is 0.611. The molecule has 0 amide bonds. The highest BCUT2D eigenvalue weighted by atomic mass is 32.2. The normalized spacial score (nSPS) is 23.4. The summed E-state index contributed by atoms with van der Waals surface area (Å²) in [6, 6.07) is 14.0. The Balaban J connectivity index is 1.85. The van der Waals surface area contributed by atoms with Gasteiger partial charge in [-0.05, 0) is 47.7 Å². The molecule has 0 bridgehead atoms. The minimum absolute atomic E-state index is 0.143. The van der Waals surface area contributed by atoms with Crippen LogP contribution < -0.4 is 0 Å². The molecular formula is C23H29FO2S. The molecule has 0 spiro atoms. The third kappa shape index (κ3) is 4.56. The predicted molar refractivity (Wildman–Crippen MR) is 109 cm³/mol. The van der Waals surface area contributed by atoms with Gasteiger partial charge in [-0.3, -0.25) is 0 Å². The van der Waals surface area contributed by atoms with Crippen molar-refractivity contribution < 1.29 is 13.9 Å². The molecule has 2 aromatic rings. The third-order valence-corrected chi connectivity index (χ3v) is 6.24. The molecular weight excluding hydrogens is 359 g/mol. The standard InChI is InChI=1S/C23H29FO2S/c1-16-15-23(25-5,11-12-26-16)17-7-6-8-18(13-17)27-19-9-10-20(21(24)14-19)22(2,3)4/h6-10,13-14,16H,11-12,15H2,1-5H3. The number of halogens is 1. The molecule has 0 saturated carbocycles. The predicted octanol–water partition coefficient (Wildman–Crippen LogP) is 6.32. The summed E-state index contributed by atoms with van der Waals surface area (Å²) in [5.41, 5.74) is 1.40. The molecule has 1 saturated heterocycles. The lowest BCUT2D eigenvalue weighted by Gasteiger charge is -2.39. The van der Waals surface area contributed by atoms with Gasteiger partial charge in [-0.15, -0.1) is 0 Å². The van der Waals surface area contributed by atoms with E-state index in [1.54, 1.807) is 24.9 Å². The summed E-state index contributed by atoms with van der Waals surface area (Å²) >= 11 is 1.58. The van der Waals surface area contributed by atoms with Gasteiger partial charge in [-0.1, -0.05) is 50.7 Å². The molecule has 2 unspecified atom stereocenters. The topological polar surface area (TPSA) is 18.5 Å². The van der Waals surface area contributed by atoms with Crippen molar-refractivity contribution in [2.45, 2.75) is 67.4 Å². The molecule has 0 N–H and O–H groups in total. The molecule has 0 aromatic heterocycles. The largest absolute Gasteiger partial charge is 0.378 e. The molecule has 1 fully saturated rings. The maximum Gasteiger partial charge on any atom is 0.128 e. The van der Waals surface area contributed by atoms with Crippen LogP contribution in [0.25, 0.3) is 0 Å². The van der Waals surface area contributed by atoms with Gasteiger partial charge in [0.05, 0.1) is 18.3 Å². The molecule has 0 aliphatic carbocycles. The van der Waals surface area contributed by atoms with Crippen molar-refractivity contribution in [3.05, 3.63) is 59.4 Å². The van der Waals surface area contributed by atoms with Crippen LogP contribution in [-0.2, 0) is 20.5 Å². The van der Waals surface area contributed by atoms with Gasteiger partial charge in [0.2, 0.25) is 0 Å². The smallest absolute Gasteiger partial charge is 0.128 e. The Morgan fingerprint density at radius 3 is 2.52 bits per heavy atom. The zero-order chi connectivity index (χ0) is 19.7. The third-order valence-electron chi connectivity index (χ3n) is 5.26. The average molecular weight is 389 g/mol. The highest BCUT2D eigenvalue weighted by Crippen LogP contribution is 2.40. The van der Waals surface area contributed by atoms with Crippen molar-refractivity contribution in [3.63, 3.8) is 0 Å². The first kappa shape index (κ1) is 20.4. The second-order valence-electron chi connectivity index (χ2n) is 8.36. The zero-order valence-electron chi connectivity index (χ0n) is 16.8. The molecule has 2 aromatic carbocycles. The maximum atomic E-state index is 14.5. The van der Waals surface area contributed by atoms with E-state index in [2.05, 4.69) is 31.2 Å². The maximum absolute atomic E-state index is 14.5. The van der Waals surface area contributed by atoms with Crippen LogP contribution in [0, 0.1) is 5.82 Å². The van der Waals surface area contributed by atoms with Crippen molar-refractivity contribution in [3.8, 4) is 0 Å². The van der Waals surface area contributed by atoms with E-state index in [0.29, 0.717) is 6.61 Å². The van der Waals surface area contributed by atoms with Crippen LogP contribution in [0.5, 0.6) is 0 Å². The molecule has 2 atom stereocenters. The minimum atomic E-state index is -0.310. The van der Waals surface area contributed by atoms with E-state index in [0.717, 1.165) is 33.8 Å². The van der Waals surface area contributed by atoms with Crippen LogP contribution in [0.3, 0.4) is 0 Å². The van der Waals surface area contributed by atoms with Crippen molar-refractivity contribution in [2.24, 2.45) is 0 Å². The number of hydrogen-bond acceptors (Lipinski definition) is 3. The van der Waals surface area contributed by atoms with Gasteiger partial charge < -0.3 is 9.47 Å². The Morgan fingerprint density at radius 1 is 1.15 bits per heavy atom. The lowest BCUT2D eigenvalue weighted by atomic mass is 9.84. The Hall–Kier alpha value is -1.36. The Bertz CT molecular complexity index is 799. The molecule has 1 heterocycles. The first-order valence-corrected chi connectivity index (χ1v) is 10.3. The van der Waals surface area contributed by atoms with E-state index in [1.807, 2.05) is 32.9 Å². The molecule has 2 nitrogen and oxygen atoms in total. The van der Waals surface area contributed by atoms with Gasteiger partial charge in [0.25, 0.3) is 0 Å². The van der Waals surface area contributed by atoms with Gasteiger partial charge in [0.1, 0.15) is 5.82 Å². The lowest BCUT2D eigenvalue weighted by molar-refractivity contribution is -0.122. The van der Waals surface area contributed by atoms with Gasteiger partial charge >= 0.3 is 0 Å². The first-order chi connectivity index (χ1) is 12.7. The van der Waals surface area contributed by atoms with E-state index in [-0.39, 0.29) is 22.9 Å². The summed E-state index contributed by atoms with van der Waals surface area (Å²) in [5, 5.41) is 0. The highest BCUT2D eigenvalue weighted by molar-refractivity contribution is 7.99. The van der Waals surface area contributed by atoms with Crippen LogP contribution in [-0.4, -0.2) is 19.8 Å². The van der Waals surface area contributed by atoms with Gasteiger partial charge in [-0.2, -0.15) is 0 Å². The molecule has 3 rings (SSSR count). The van der Waals surface area contributed by atoms with Crippen molar-refractivity contribution in [1.82, 2.24) is 0 Å². The van der Waals surface area contributed by atoms with Crippen molar-refractivity contribution in [1.29, 1.82) is 0 Å². The number of methoxy groups -OCH3 is 1. The number of benzene rings is 2. The molecule has 1 aliphatic heterocycles. The number of hydrogen-bond donors (Lipinski definition) is 0. The van der Waals surface area contributed by atoms with E-state index in [9.17, 15) is 4.39 Å². The summed E-state index contributed by atoms with van der Waals surface area (Å²) in [7, 11) is 1.78. The lowest BCUT2D eigenvalue weighted by Crippen LogP contribution is -2.39. The fourth-order valence-electron chi connectivity index (χ4n) is 3.76. The highest BCUT2D eigenvalue weighted by Gasteiger charge is 2.37. The van der Waals surface area contributed by atoms with Crippen LogP contribution in [0.4, 0.5) is 4.39 Å². The van der Waals surface area contributed by atoms with E-state index in [1.165, 1.54) is 0 Å². The average Bonchev–Trinajstić information content (AvgIpc) is 2.61. The van der Waals surface area contributed by atoms with E-state index in [4.69, 9.17) is 9.47 Å². The summed E-state index contributed by atoms with van der Waals surface area (Å²) in [6.07, 6.45) is 1.86. The molecule has 1 aliphatic rings. The van der Waals surface area contributed by atoms with Crippen LogP contribution in [0.15, 0.2) is 52.3 Å². The Labute approximate surface area is 166 Å². The monoisotopic (exact) mass is 388 g/mol. The second kappa shape index (κ2) is 7.94. The van der Waals surface area contributed by atoms with Gasteiger partial charge in [-0.25, -0.2) is 4.39 Å². The molecule has 0 radical (unpaired) electrons. The minimum Gasteiger partial charge on any atom is -0.378 e. The second-order valence-corrected chi connectivity index (χ2v) is 9.50. The number of ether oxygens (including phenoxy) is 2. The first-order valence-electron chi connectivity index (χ1n) is 9.49. The van der Waals surface area contributed by atoms with Crippen molar-refractivity contribution >= 4 is 11.8 Å². The Kier molecular flexibility index (Phi) is 5.99. The molecule has 146 valence electrons. The van der Waals surface area contributed by atoms with Gasteiger partial charge in [0, 0.05) is 29.7 Å². The van der Waals surface area contributed by atoms with Crippen LogP contribution >= 0.6 is 11.8 Å². The van der Waals surface area contributed by atoms with E-state index >= 15 is 0 Å². The Morgan fingerprint density at radius 2 is 1.89 bits per heavy atom. The van der Waals surface area contributed by atoms with Crippen LogP contribution in [0.1, 0.15) is 51.7 Å². The van der Waals surface area contributed by atoms with Crippen molar-refractivity contribution in [2.75, 3.05) is 13.7 Å². The number of rotatable bonds is 4. The SMILES string of the molecule is COC1(c2cccc(Sc3ccc(C(C)(C)C)c(F)c3)c2)CCOC(C)C1. The summed E-state index contributed by atoms with van der Waals surface area (Å²) in [4.78, 5) is 2.00. The molecule has 27 heavy (non-hydrogen) atoms. The summed E-state index contributed by atoms with van der Waals surface area (Å²) in [6.45, 7) is 8.87.